The molecule has 0 amide bonds. The fraction of sp³-hybridized carbons (Fsp3) is 0.273. The van der Waals surface area contributed by atoms with Gasteiger partial charge in [0.1, 0.15) is 17.6 Å². The van der Waals surface area contributed by atoms with Crippen LogP contribution in [0.1, 0.15) is 17.9 Å². The fourth-order valence-electron chi connectivity index (χ4n) is 1.65. The molecular weight excluding hydrogens is 258 g/mol. The topological polar surface area (TPSA) is 97.5 Å². The van der Waals surface area contributed by atoms with E-state index in [1.807, 2.05) is 0 Å². The maximum absolute atomic E-state index is 10.9. The lowest BCUT2D eigenvalue weighted by Crippen LogP contribution is -2.01. The second kappa shape index (κ2) is 4.87. The molecule has 0 bridgehead atoms. The van der Waals surface area contributed by atoms with Crippen molar-refractivity contribution < 1.29 is 22.2 Å². The normalized spacial score (nSPS) is 11.8. The van der Waals surface area contributed by atoms with Crippen molar-refractivity contribution in [1.82, 2.24) is 4.98 Å². The van der Waals surface area contributed by atoms with E-state index in [1.54, 1.807) is 18.2 Å². The van der Waals surface area contributed by atoms with E-state index < -0.39 is 15.9 Å². The van der Waals surface area contributed by atoms with Crippen LogP contribution in [0.4, 0.5) is 0 Å². The summed E-state index contributed by atoms with van der Waals surface area (Å²) in [6.45, 7) is 0. The molecule has 0 aliphatic heterocycles. The smallest absolute Gasteiger partial charge is 0.269 e. The average Bonchev–Trinajstić information content (AvgIpc) is 2.68. The van der Waals surface area contributed by atoms with Gasteiger partial charge in [-0.15, -0.1) is 0 Å². The maximum atomic E-state index is 10.9. The molecule has 0 radical (unpaired) electrons. The van der Waals surface area contributed by atoms with Crippen LogP contribution in [0.25, 0.3) is 11.1 Å². The Morgan fingerprint density at radius 3 is 2.83 bits per heavy atom. The van der Waals surface area contributed by atoms with Gasteiger partial charge in [0, 0.05) is 18.4 Å². The van der Waals surface area contributed by atoms with E-state index >= 15 is 0 Å². The lowest BCUT2D eigenvalue weighted by molar-refractivity contribution is -0.107. The van der Waals surface area contributed by atoms with E-state index in [4.69, 9.17) is 8.97 Å². The summed E-state index contributed by atoms with van der Waals surface area (Å²) in [6, 6.07) is 4.86. The van der Waals surface area contributed by atoms with Crippen molar-refractivity contribution in [3.63, 3.8) is 0 Å². The van der Waals surface area contributed by atoms with Crippen molar-refractivity contribution in [3.05, 3.63) is 29.7 Å². The number of aryl methyl sites for hydroxylation is 1. The Kier molecular flexibility index (Phi) is 3.44. The summed E-state index contributed by atoms with van der Waals surface area (Å²) in [5.74, 6) is -0.146. The number of carbonyl (C=O) groups is 1. The van der Waals surface area contributed by atoms with Gasteiger partial charge in [0.25, 0.3) is 10.1 Å². The molecule has 0 unspecified atom stereocenters. The van der Waals surface area contributed by atoms with E-state index in [9.17, 15) is 13.2 Å². The first kappa shape index (κ1) is 12.7. The van der Waals surface area contributed by atoms with Gasteiger partial charge >= 0.3 is 0 Å². The van der Waals surface area contributed by atoms with Gasteiger partial charge in [0.05, 0.1) is 0 Å². The minimum absolute atomic E-state index is 0.292. The second-order valence-corrected chi connectivity index (χ2v) is 5.26. The summed E-state index contributed by atoms with van der Waals surface area (Å²) < 4.78 is 36.0. The van der Waals surface area contributed by atoms with Crippen molar-refractivity contribution in [2.45, 2.75) is 18.6 Å². The number of hydrogen-bond acceptors (Lipinski definition) is 5. The number of carbonyl (C=O) groups excluding carboxylic acids is 1. The molecule has 0 atom stereocenters. The third-order valence-corrected chi connectivity index (χ3v) is 3.03. The summed E-state index contributed by atoms with van der Waals surface area (Å²) in [5, 5.41) is 0. The van der Waals surface area contributed by atoms with Crippen molar-refractivity contribution in [1.29, 1.82) is 0 Å². The van der Waals surface area contributed by atoms with Gasteiger partial charge < -0.3 is 9.21 Å². The third kappa shape index (κ3) is 2.93. The molecule has 2 rings (SSSR count). The quantitative estimate of drug-likeness (QED) is 0.650. The average molecular weight is 269 g/mol. The van der Waals surface area contributed by atoms with Gasteiger partial charge in [0.2, 0.25) is 0 Å². The molecule has 18 heavy (non-hydrogen) atoms. The van der Waals surface area contributed by atoms with Gasteiger partial charge in [-0.2, -0.15) is 8.42 Å². The molecule has 1 heterocycles. The lowest BCUT2D eigenvalue weighted by atomic mass is 10.2. The summed E-state index contributed by atoms with van der Waals surface area (Å²) in [7, 11) is -4.12. The SMILES string of the molecule is O=CCCc1nc2cccc(CS(=O)(=O)O)c2o1. The highest BCUT2D eigenvalue weighted by molar-refractivity contribution is 7.85. The minimum atomic E-state index is -4.12. The Bertz CT molecular complexity index is 674. The molecule has 0 saturated carbocycles. The molecule has 1 N–H and O–H groups in total. The van der Waals surface area contributed by atoms with Gasteiger partial charge in [-0.05, 0) is 6.07 Å². The maximum Gasteiger partial charge on any atom is 0.269 e. The van der Waals surface area contributed by atoms with Crippen molar-refractivity contribution in [2.24, 2.45) is 0 Å². The Morgan fingerprint density at radius 1 is 1.39 bits per heavy atom. The Balaban J connectivity index is 2.42. The van der Waals surface area contributed by atoms with Gasteiger partial charge in [-0.25, -0.2) is 4.98 Å². The molecule has 7 heteroatoms. The molecule has 0 saturated heterocycles. The van der Waals surface area contributed by atoms with E-state index in [2.05, 4.69) is 4.98 Å². The molecule has 96 valence electrons. The number of nitrogens with zero attached hydrogens (tertiary/aromatic N) is 1. The zero-order chi connectivity index (χ0) is 13.2. The predicted octanol–water partition coefficient (Wildman–Crippen LogP) is 1.35. The molecule has 1 aromatic carbocycles. The first-order valence-corrected chi connectivity index (χ1v) is 6.86. The monoisotopic (exact) mass is 269 g/mol. The summed E-state index contributed by atoms with van der Waals surface area (Å²) in [4.78, 5) is 14.4. The summed E-state index contributed by atoms with van der Waals surface area (Å²) in [5.41, 5.74) is 1.19. The fourth-order valence-corrected chi connectivity index (χ4v) is 2.27. The van der Waals surface area contributed by atoms with Crippen LogP contribution in [-0.4, -0.2) is 24.2 Å². The zero-order valence-electron chi connectivity index (χ0n) is 9.37. The lowest BCUT2D eigenvalue weighted by Gasteiger charge is -1.98. The largest absolute Gasteiger partial charge is 0.440 e. The van der Waals surface area contributed by atoms with E-state index in [-0.39, 0.29) is 0 Å². The Labute approximate surface area is 103 Å². The number of aldehydes is 1. The van der Waals surface area contributed by atoms with Crippen molar-refractivity contribution in [3.8, 4) is 0 Å². The molecule has 1 aromatic heterocycles. The van der Waals surface area contributed by atoms with Crippen molar-refractivity contribution >= 4 is 27.5 Å². The third-order valence-electron chi connectivity index (χ3n) is 2.35. The standard InChI is InChI=1S/C11H11NO5S/c13-6-2-5-10-12-9-4-1-3-8(11(9)17-10)7-18(14,15)16/h1,3-4,6H,2,5,7H2,(H,14,15,16). The summed E-state index contributed by atoms with van der Waals surface area (Å²) in [6.07, 6.45) is 1.41. The zero-order valence-corrected chi connectivity index (χ0v) is 10.2. The number of aromatic nitrogens is 1. The van der Waals surface area contributed by atoms with Gasteiger partial charge in [-0.3, -0.25) is 4.55 Å². The first-order valence-electron chi connectivity index (χ1n) is 5.26. The first-order chi connectivity index (χ1) is 8.49. The van der Waals surface area contributed by atoms with Crippen LogP contribution in [0, 0.1) is 0 Å². The molecule has 6 nitrogen and oxygen atoms in total. The Morgan fingerprint density at radius 2 is 2.17 bits per heavy atom. The molecule has 0 spiro atoms. The van der Waals surface area contributed by atoms with E-state index in [0.29, 0.717) is 35.4 Å². The van der Waals surface area contributed by atoms with Gasteiger partial charge in [0.15, 0.2) is 11.5 Å². The second-order valence-electron chi connectivity index (χ2n) is 3.80. The molecular formula is C11H11NO5S. The number of rotatable bonds is 5. The van der Waals surface area contributed by atoms with Crippen LogP contribution in [-0.2, 0) is 27.1 Å². The van der Waals surface area contributed by atoms with Crippen LogP contribution in [0.5, 0.6) is 0 Å². The molecule has 0 aliphatic rings. The molecule has 0 aliphatic carbocycles. The van der Waals surface area contributed by atoms with Crippen LogP contribution < -0.4 is 0 Å². The number of para-hydroxylation sites is 1. The summed E-state index contributed by atoms with van der Waals surface area (Å²) >= 11 is 0. The predicted molar refractivity (Wildman–Crippen MR) is 63.6 cm³/mol. The van der Waals surface area contributed by atoms with E-state index in [1.165, 1.54) is 0 Å². The number of oxazole rings is 1. The van der Waals surface area contributed by atoms with Crippen LogP contribution >= 0.6 is 0 Å². The number of fused-ring (bicyclic) bond motifs is 1. The van der Waals surface area contributed by atoms with Gasteiger partial charge in [-0.1, -0.05) is 12.1 Å². The van der Waals surface area contributed by atoms with Crippen LogP contribution in [0.2, 0.25) is 0 Å². The number of benzene rings is 1. The van der Waals surface area contributed by atoms with Crippen LogP contribution in [0.15, 0.2) is 22.6 Å². The van der Waals surface area contributed by atoms with Crippen molar-refractivity contribution in [2.75, 3.05) is 0 Å². The highest BCUT2D eigenvalue weighted by atomic mass is 32.2. The number of hydrogen-bond donors (Lipinski definition) is 1. The molecule has 2 aromatic rings. The van der Waals surface area contributed by atoms with E-state index in [0.717, 1.165) is 6.29 Å². The molecule has 0 fully saturated rings. The minimum Gasteiger partial charge on any atom is -0.440 e. The highest BCUT2D eigenvalue weighted by Crippen LogP contribution is 2.22. The highest BCUT2D eigenvalue weighted by Gasteiger charge is 2.14. The Hall–Kier alpha value is -1.73. The van der Waals surface area contributed by atoms with Crippen LogP contribution in [0.3, 0.4) is 0 Å².